The average molecular weight is 338 g/mol. The molecule has 1 N–H and O–H groups in total. The molecular formula is C22H31N3. The lowest BCUT2D eigenvalue weighted by Gasteiger charge is -2.48. The number of benzene rings is 1. The molecule has 0 spiro atoms. The van der Waals surface area contributed by atoms with Crippen LogP contribution in [-0.2, 0) is 0 Å². The Labute approximate surface area is 151 Å². The van der Waals surface area contributed by atoms with E-state index in [-0.39, 0.29) is 0 Å². The highest BCUT2D eigenvalue weighted by Gasteiger charge is 2.38. The third-order valence-electron chi connectivity index (χ3n) is 6.26. The molecule has 2 heterocycles. The van der Waals surface area contributed by atoms with Gasteiger partial charge in [-0.3, -0.25) is 9.88 Å². The minimum atomic E-state index is 0.358. The normalized spacial score (nSPS) is 21.3. The summed E-state index contributed by atoms with van der Waals surface area (Å²) in [6.45, 7) is 5.74. The van der Waals surface area contributed by atoms with E-state index >= 15 is 0 Å². The number of aromatic nitrogens is 1. The summed E-state index contributed by atoms with van der Waals surface area (Å²) in [6.07, 6.45) is 11.0. The predicted octanol–water partition coefficient (Wildman–Crippen LogP) is 5.14. The maximum Gasteiger partial charge on any atom is 0.0725 e. The van der Waals surface area contributed by atoms with Gasteiger partial charge in [-0.2, -0.15) is 0 Å². The molecule has 1 saturated carbocycles. The molecule has 1 saturated heterocycles. The van der Waals surface area contributed by atoms with E-state index in [4.69, 9.17) is 0 Å². The molecule has 0 radical (unpaired) electrons. The molecule has 0 atom stereocenters. The Kier molecular flexibility index (Phi) is 4.93. The van der Waals surface area contributed by atoms with Gasteiger partial charge in [-0.1, -0.05) is 43.9 Å². The van der Waals surface area contributed by atoms with Gasteiger partial charge >= 0.3 is 0 Å². The number of anilines is 1. The fourth-order valence-corrected chi connectivity index (χ4v) is 4.90. The van der Waals surface area contributed by atoms with Crippen molar-refractivity contribution in [3.63, 3.8) is 0 Å². The zero-order chi connectivity index (χ0) is 17.1. The summed E-state index contributed by atoms with van der Waals surface area (Å²) in [5.74, 6) is 0. The Morgan fingerprint density at radius 3 is 2.52 bits per heavy atom. The first-order valence-corrected chi connectivity index (χ1v) is 10.1. The summed E-state index contributed by atoms with van der Waals surface area (Å²) >= 11 is 0. The van der Waals surface area contributed by atoms with E-state index in [9.17, 15) is 0 Å². The second-order valence-electron chi connectivity index (χ2n) is 8.01. The van der Waals surface area contributed by atoms with Crippen molar-refractivity contribution in [2.24, 2.45) is 0 Å². The fourth-order valence-electron chi connectivity index (χ4n) is 4.90. The van der Waals surface area contributed by atoms with E-state index in [0.717, 1.165) is 17.8 Å². The molecule has 0 bridgehead atoms. The lowest BCUT2D eigenvalue weighted by Crippen LogP contribution is -2.56. The van der Waals surface area contributed by atoms with E-state index in [1.165, 1.54) is 75.5 Å². The molecule has 0 unspecified atom stereocenters. The zero-order valence-corrected chi connectivity index (χ0v) is 15.6. The molecule has 1 aromatic carbocycles. The molecule has 2 fully saturated rings. The van der Waals surface area contributed by atoms with Crippen LogP contribution in [0, 0.1) is 6.92 Å². The predicted molar refractivity (Wildman–Crippen MR) is 106 cm³/mol. The first-order valence-electron chi connectivity index (χ1n) is 10.1. The van der Waals surface area contributed by atoms with Crippen molar-refractivity contribution < 1.29 is 0 Å². The number of fused-ring (bicyclic) bond motifs is 1. The van der Waals surface area contributed by atoms with Crippen molar-refractivity contribution in [2.75, 3.05) is 25.0 Å². The number of hydrogen-bond donors (Lipinski definition) is 1. The molecule has 0 amide bonds. The van der Waals surface area contributed by atoms with Gasteiger partial charge in [0.25, 0.3) is 0 Å². The highest BCUT2D eigenvalue weighted by molar-refractivity contribution is 5.91. The number of hydrogen-bond acceptors (Lipinski definition) is 3. The topological polar surface area (TPSA) is 28.2 Å². The highest BCUT2D eigenvalue weighted by Crippen LogP contribution is 2.36. The van der Waals surface area contributed by atoms with Crippen LogP contribution in [0.2, 0.25) is 0 Å². The van der Waals surface area contributed by atoms with Gasteiger partial charge in [0, 0.05) is 28.9 Å². The number of para-hydroxylation sites is 1. The second-order valence-corrected chi connectivity index (χ2v) is 8.01. The molecule has 1 aliphatic heterocycles. The van der Waals surface area contributed by atoms with Crippen LogP contribution in [0.3, 0.4) is 0 Å². The van der Waals surface area contributed by atoms with Gasteiger partial charge in [-0.05, 0) is 57.8 Å². The monoisotopic (exact) mass is 337 g/mol. The van der Waals surface area contributed by atoms with Gasteiger partial charge in [-0.25, -0.2) is 0 Å². The molecule has 3 heteroatoms. The Hall–Kier alpha value is -1.61. The van der Waals surface area contributed by atoms with Crippen LogP contribution in [-0.4, -0.2) is 35.1 Å². The molecule has 25 heavy (non-hydrogen) atoms. The van der Waals surface area contributed by atoms with E-state index in [1.807, 2.05) is 0 Å². The van der Waals surface area contributed by atoms with Gasteiger partial charge < -0.3 is 5.32 Å². The summed E-state index contributed by atoms with van der Waals surface area (Å²) in [6, 6.07) is 10.7. The maximum atomic E-state index is 4.69. The Morgan fingerprint density at radius 1 is 1.00 bits per heavy atom. The van der Waals surface area contributed by atoms with Crippen LogP contribution in [0.5, 0.6) is 0 Å². The van der Waals surface area contributed by atoms with E-state index in [2.05, 4.69) is 52.5 Å². The largest absolute Gasteiger partial charge is 0.383 e. The van der Waals surface area contributed by atoms with E-state index in [1.54, 1.807) is 0 Å². The average Bonchev–Trinajstić information content (AvgIpc) is 2.67. The smallest absolute Gasteiger partial charge is 0.0725 e. The zero-order valence-electron chi connectivity index (χ0n) is 15.6. The maximum absolute atomic E-state index is 4.69. The Bertz CT molecular complexity index is 712. The SMILES string of the molecule is Cc1cc(NCC2(N3CCCCC3)CCCCC2)c2ccccc2n1. The second kappa shape index (κ2) is 7.33. The molecule has 134 valence electrons. The quantitative estimate of drug-likeness (QED) is 0.837. The van der Waals surface area contributed by atoms with Crippen molar-refractivity contribution in [3.8, 4) is 0 Å². The first kappa shape index (κ1) is 16.8. The molecule has 1 aromatic heterocycles. The van der Waals surface area contributed by atoms with Crippen molar-refractivity contribution in [3.05, 3.63) is 36.0 Å². The van der Waals surface area contributed by atoms with Crippen LogP contribution in [0.1, 0.15) is 57.1 Å². The van der Waals surface area contributed by atoms with Gasteiger partial charge in [0.15, 0.2) is 0 Å². The molecular weight excluding hydrogens is 306 g/mol. The number of likely N-dealkylation sites (tertiary alicyclic amines) is 1. The lowest BCUT2D eigenvalue weighted by atomic mass is 9.79. The van der Waals surface area contributed by atoms with Crippen LogP contribution in [0.25, 0.3) is 10.9 Å². The van der Waals surface area contributed by atoms with E-state index < -0.39 is 0 Å². The van der Waals surface area contributed by atoms with Gasteiger partial charge in [0.05, 0.1) is 5.52 Å². The van der Waals surface area contributed by atoms with Gasteiger partial charge in [-0.15, -0.1) is 0 Å². The van der Waals surface area contributed by atoms with Crippen LogP contribution in [0.15, 0.2) is 30.3 Å². The number of pyridine rings is 1. The third kappa shape index (κ3) is 3.52. The summed E-state index contributed by atoms with van der Waals surface area (Å²) in [5, 5.41) is 5.10. The molecule has 1 aliphatic carbocycles. The summed E-state index contributed by atoms with van der Waals surface area (Å²) in [5.41, 5.74) is 3.80. The summed E-state index contributed by atoms with van der Waals surface area (Å²) in [4.78, 5) is 7.51. The third-order valence-corrected chi connectivity index (χ3v) is 6.26. The standard InChI is InChI=1S/C22H31N3/c1-18-16-21(19-10-4-5-11-20(19)24-18)23-17-22(12-6-2-7-13-22)25-14-8-3-9-15-25/h4-5,10-11,16H,2-3,6-9,12-15,17H2,1H3,(H,23,24). The number of aryl methyl sites for hydroxylation is 1. The van der Waals surface area contributed by atoms with Gasteiger partial charge in [0.1, 0.15) is 0 Å². The molecule has 3 nitrogen and oxygen atoms in total. The number of nitrogens with one attached hydrogen (secondary N) is 1. The number of rotatable bonds is 4. The highest BCUT2D eigenvalue weighted by atomic mass is 15.2. The molecule has 2 aliphatic rings. The number of piperidine rings is 1. The van der Waals surface area contributed by atoms with Crippen LogP contribution < -0.4 is 5.32 Å². The van der Waals surface area contributed by atoms with Crippen LogP contribution >= 0.6 is 0 Å². The van der Waals surface area contributed by atoms with Crippen molar-refractivity contribution in [2.45, 2.75) is 63.8 Å². The first-order chi connectivity index (χ1) is 12.3. The summed E-state index contributed by atoms with van der Waals surface area (Å²) < 4.78 is 0. The minimum Gasteiger partial charge on any atom is -0.383 e. The molecule has 4 rings (SSSR count). The van der Waals surface area contributed by atoms with Crippen LogP contribution in [0.4, 0.5) is 5.69 Å². The van der Waals surface area contributed by atoms with Gasteiger partial charge in [0.2, 0.25) is 0 Å². The van der Waals surface area contributed by atoms with E-state index in [0.29, 0.717) is 5.54 Å². The minimum absolute atomic E-state index is 0.358. The van der Waals surface area contributed by atoms with Crippen molar-refractivity contribution in [1.29, 1.82) is 0 Å². The Morgan fingerprint density at radius 2 is 1.72 bits per heavy atom. The lowest BCUT2D eigenvalue weighted by molar-refractivity contribution is 0.0437. The fraction of sp³-hybridized carbons (Fsp3) is 0.591. The Balaban J connectivity index is 1.59. The van der Waals surface area contributed by atoms with Crippen molar-refractivity contribution >= 4 is 16.6 Å². The summed E-state index contributed by atoms with van der Waals surface area (Å²) in [7, 11) is 0. The number of nitrogens with zero attached hydrogens (tertiary/aromatic N) is 2. The van der Waals surface area contributed by atoms with Crippen molar-refractivity contribution in [1.82, 2.24) is 9.88 Å². The molecule has 2 aromatic rings.